The molecule has 0 bridgehead atoms. The maximum absolute atomic E-state index is 6.05. The van der Waals surface area contributed by atoms with Gasteiger partial charge in [0.05, 0.1) is 0 Å². The van der Waals surface area contributed by atoms with Gasteiger partial charge in [-0.05, 0) is 56.5 Å². The summed E-state index contributed by atoms with van der Waals surface area (Å²) in [5.41, 5.74) is 6.05. The van der Waals surface area contributed by atoms with Crippen molar-refractivity contribution < 1.29 is 0 Å². The molecule has 2 fully saturated rings. The minimum atomic E-state index is 0.772. The van der Waals surface area contributed by atoms with E-state index < -0.39 is 0 Å². The highest BCUT2D eigenvalue weighted by Crippen LogP contribution is 2.36. The van der Waals surface area contributed by atoms with Crippen LogP contribution >= 0.6 is 0 Å². The van der Waals surface area contributed by atoms with Crippen molar-refractivity contribution in [3.05, 3.63) is 0 Å². The van der Waals surface area contributed by atoms with Crippen LogP contribution in [0, 0.1) is 17.8 Å². The lowest BCUT2D eigenvalue weighted by Gasteiger charge is -2.41. The van der Waals surface area contributed by atoms with Crippen LogP contribution in [0.3, 0.4) is 0 Å². The molecule has 4 unspecified atom stereocenters. The molecule has 2 heteroatoms. The van der Waals surface area contributed by atoms with E-state index in [2.05, 4.69) is 18.7 Å². The summed E-state index contributed by atoms with van der Waals surface area (Å²) in [5.74, 6) is 2.71. The normalized spacial score (nSPS) is 36.8. The Morgan fingerprint density at radius 2 is 1.74 bits per heavy atom. The molecular formula is C17H34N2. The Hall–Kier alpha value is -0.0800. The molecule has 2 aliphatic rings. The van der Waals surface area contributed by atoms with E-state index in [0.29, 0.717) is 0 Å². The molecular weight excluding hydrogens is 232 g/mol. The first-order valence-corrected chi connectivity index (χ1v) is 8.72. The monoisotopic (exact) mass is 266 g/mol. The molecule has 4 atom stereocenters. The van der Waals surface area contributed by atoms with Crippen LogP contribution in [0.1, 0.15) is 65.2 Å². The third-order valence-corrected chi connectivity index (χ3v) is 5.55. The Morgan fingerprint density at radius 3 is 2.42 bits per heavy atom. The first kappa shape index (κ1) is 15.3. The van der Waals surface area contributed by atoms with Crippen molar-refractivity contribution in [1.82, 2.24) is 4.90 Å². The van der Waals surface area contributed by atoms with Crippen molar-refractivity contribution in [3.8, 4) is 0 Å². The summed E-state index contributed by atoms with van der Waals surface area (Å²) < 4.78 is 0. The predicted octanol–water partition coefficient (Wildman–Crippen LogP) is 3.65. The second-order valence-corrected chi connectivity index (χ2v) is 6.97. The quantitative estimate of drug-likeness (QED) is 0.795. The Bertz CT molecular complexity index is 254. The molecule has 112 valence electrons. The van der Waals surface area contributed by atoms with Crippen molar-refractivity contribution in [2.24, 2.45) is 23.5 Å². The van der Waals surface area contributed by atoms with Crippen LogP contribution < -0.4 is 5.73 Å². The first-order valence-electron chi connectivity index (χ1n) is 8.72. The van der Waals surface area contributed by atoms with E-state index in [1.54, 1.807) is 0 Å². The van der Waals surface area contributed by atoms with E-state index >= 15 is 0 Å². The molecule has 0 aromatic heterocycles. The molecule has 1 saturated carbocycles. The maximum Gasteiger partial charge on any atom is 0.0138 e. The number of rotatable bonds is 6. The standard InChI is InChI=1S/C17H34N2/c1-3-5-14-7-8-16(12-18)17(11-14)19-10-9-15(13-19)6-4-2/h14-17H,3-13,18H2,1-2H3. The summed E-state index contributed by atoms with van der Waals surface area (Å²) in [4.78, 5) is 2.81. The van der Waals surface area contributed by atoms with Gasteiger partial charge in [-0.15, -0.1) is 0 Å². The van der Waals surface area contributed by atoms with Gasteiger partial charge in [0, 0.05) is 12.6 Å². The summed E-state index contributed by atoms with van der Waals surface area (Å²) in [6.07, 6.45) is 11.2. The van der Waals surface area contributed by atoms with Crippen molar-refractivity contribution in [1.29, 1.82) is 0 Å². The van der Waals surface area contributed by atoms with Gasteiger partial charge >= 0.3 is 0 Å². The van der Waals surface area contributed by atoms with Gasteiger partial charge < -0.3 is 5.73 Å². The van der Waals surface area contributed by atoms with Gasteiger partial charge in [0.25, 0.3) is 0 Å². The molecule has 0 amide bonds. The minimum Gasteiger partial charge on any atom is -0.330 e. The van der Waals surface area contributed by atoms with Gasteiger partial charge in [-0.1, -0.05) is 39.5 Å². The van der Waals surface area contributed by atoms with E-state index in [9.17, 15) is 0 Å². The summed E-state index contributed by atoms with van der Waals surface area (Å²) in [5, 5.41) is 0. The summed E-state index contributed by atoms with van der Waals surface area (Å²) in [7, 11) is 0. The second-order valence-electron chi connectivity index (χ2n) is 6.97. The van der Waals surface area contributed by atoms with Gasteiger partial charge in [-0.3, -0.25) is 4.90 Å². The Kier molecular flexibility index (Phi) is 6.15. The van der Waals surface area contributed by atoms with Crippen LogP contribution in [0.15, 0.2) is 0 Å². The molecule has 2 N–H and O–H groups in total. The topological polar surface area (TPSA) is 29.3 Å². The SMILES string of the molecule is CCCC1CCC(CN)C(N2CCC(CCC)C2)C1. The summed E-state index contributed by atoms with van der Waals surface area (Å²) in [6, 6.07) is 0.803. The van der Waals surface area contributed by atoms with Gasteiger partial charge in [0.2, 0.25) is 0 Å². The van der Waals surface area contributed by atoms with E-state index in [1.165, 1.54) is 64.5 Å². The highest BCUT2D eigenvalue weighted by Gasteiger charge is 2.36. The number of likely N-dealkylation sites (tertiary alicyclic amines) is 1. The van der Waals surface area contributed by atoms with Gasteiger partial charge in [-0.2, -0.15) is 0 Å². The lowest BCUT2D eigenvalue weighted by Crippen LogP contribution is -2.46. The summed E-state index contributed by atoms with van der Waals surface area (Å²) in [6.45, 7) is 8.25. The molecule has 0 spiro atoms. The van der Waals surface area contributed by atoms with Gasteiger partial charge in [0.1, 0.15) is 0 Å². The predicted molar refractivity (Wildman–Crippen MR) is 83.2 cm³/mol. The fourth-order valence-electron chi connectivity index (χ4n) is 4.49. The minimum absolute atomic E-state index is 0.772. The average Bonchev–Trinajstić information content (AvgIpc) is 2.88. The molecule has 1 heterocycles. The van der Waals surface area contributed by atoms with Crippen LogP contribution in [0.2, 0.25) is 0 Å². The molecule has 2 rings (SSSR count). The van der Waals surface area contributed by atoms with Gasteiger partial charge in [0.15, 0.2) is 0 Å². The Balaban J connectivity index is 1.91. The maximum atomic E-state index is 6.05. The van der Waals surface area contributed by atoms with Crippen LogP contribution in [-0.4, -0.2) is 30.6 Å². The molecule has 0 aromatic rings. The van der Waals surface area contributed by atoms with Crippen molar-refractivity contribution in [2.45, 2.75) is 71.3 Å². The number of hydrogen-bond donors (Lipinski definition) is 1. The highest BCUT2D eigenvalue weighted by molar-refractivity contribution is 4.90. The van der Waals surface area contributed by atoms with Gasteiger partial charge in [-0.25, -0.2) is 0 Å². The molecule has 1 aliphatic heterocycles. The lowest BCUT2D eigenvalue weighted by molar-refractivity contribution is 0.0951. The van der Waals surface area contributed by atoms with Crippen LogP contribution in [0.25, 0.3) is 0 Å². The van der Waals surface area contributed by atoms with Crippen molar-refractivity contribution >= 4 is 0 Å². The zero-order chi connectivity index (χ0) is 13.7. The third kappa shape index (κ3) is 3.95. The van der Waals surface area contributed by atoms with Crippen molar-refractivity contribution in [3.63, 3.8) is 0 Å². The largest absolute Gasteiger partial charge is 0.330 e. The number of nitrogens with two attached hydrogens (primary N) is 1. The molecule has 1 aliphatic carbocycles. The van der Waals surface area contributed by atoms with E-state index in [1.807, 2.05) is 0 Å². The van der Waals surface area contributed by atoms with E-state index in [4.69, 9.17) is 5.73 Å². The summed E-state index contributed by atoms with van der Waals surface area (Å²) >= 11 is 0. The lowest BCUT2D eigenvalue weighted by atomic mass is 9.76. The zero-order valence-electron chi connectivity index (χ0n) is 13.1. The number of nitrogens with zero attached hydrogens (tertiary/aromatic N) is 1. The average molecular weight is 266 g/mol. The second kappa shape index (κ2) is 7.64. The van der Waals surface area contributed by atoms with E-state index in [-0.39, 0.29) is 0 Å². The smallest absolute Gasteiger partial charge is 0.0138 e. The molecule has 0 radical (unpaired) electrons. The highest BCUT2D eigenvalue weighted by atomic mass is 15.2. The molecule has 19 heavy (non-hydrogen) atoms. The number of hydrogen-bond acceptors (Lipinski definition) is 2. The third-order valence-electron chi connectivity index (χ3n) is 5.55. The van der Waals surface area contributed by atoms with Crippen LogP contribution in [0.4, 0.5) is 0 Å². The molecule has 1 saturated heterocycles. The van der Waals surface area contributed by atoms with E-state index in [0.717, 1.165) is 30.3 Å². The fourth-order valence-corrected chi connectivity index (χ4v) is 4.49. The fraction of sp³-hybridized carbons (Fsp3) is 1.00. The Labute approximate surface area is 120 Å². The van der Waals surface area contributed by atoms with Crippen LogP contribution in [-0.2, 0) is 0 Å². The Morgan fingerprint density at radius 1 is 1.00 bits per heavy atom. The molecule has 0 aromatic carbocycles. The molecule has 2 nitrogen and oxygen atoms in total. The first-order chi connectivity index (χ1) is 9.28. The van der Waals surface area contributed by atoms with Crippen LogP contribution in [0.5, 0.6) is 0 Å². The van der Waals surface area contributed by atoms with Crippen molar-refractivity contribution in [2.75, 3.05) is 19.6 Å². The zero-order valence-corrected chi connectivity index (χ0v) is 13.1.